The van der Waals surface area contributed by atoms with Gasteiger partial charge in [0.05, 0.1) is 24.2 Å². The zero-order chi connectivity index (χ0) is 22.0. The minimum absolute atomic E-state index is 0.0816. The number of hydrogen-bond acceptors (Lipinski definition) is 7. The molecule has 162 valence electrons. The van der Waals surface area contributed by atoms with Gasteiger partial charge in [-0.3, -0.25) is 9.48 Å². The van der Waals surface area contributed by atoms with Crippen molar-refractivity contribution in [2.75, 3.05) is 51.0 Å². The molecule has 1 aliphatic rings. The molecule has 0 spiro atoms. The van der Waals surface area contributed by atoms with E-state index in [0.717, 1.165) is 28.6 Å². The minimum Gasteiger partial charge on any atom is -0.380 e. The van der Waals surface area contributed by atoms with E-state index in [1.54, 1.807) is 0 Å². The Morgan fingerprint density at radius 2 is 2.16 bits per heavy atom. The Morgan fingerprint density at radius 3 is 2.94 bits per heavy atom. The zero-order valence-corrected chi connectivity index (χ0v) is 18.5. The van der Waals surface area contributed by atoms with Gasteiger partial charge >= 0.3 is 0 Å². The molecule has 0 bridgehead atoms. The molecule has 0 saturated carbocycles. The predicted octanol–water partition coefficient (Wildman–Crippen LogP) is 0.179. The largest absolute Gasteiger partial charge is 0.380 e. The van der Waals surface area contributed by atoms with Gasteiger partial charge in [0, 0.05) is 31.6 Å². The van der Waals surface area contributed by atoms with Crippen LogP contribution in [0.3, 0.4) is 0 Å². The summed E-state index contributed by atoms with van der Waals surface area (Å²) in [6, 6.07) is 5.99. The van der Waals surface area contributed by atoms with Gasteiger partial charge in [-0.25, -0.2) is 4.98 Å². The molecule has 9 nitrogen and oxygen atoms in total. The van der Waals surface area contributed by atoms with Crippen molar-refractivity contribution < 1.29 is 9.53 Å². The van der Waals surface area contributed by atoms with Crippen molar-refractivity contribution in [3.05, 3.63) is 35.7 Å². The average Bonchev–Trinajstić information content (AvgIpc) is 3.27. The molecule has 1 unspecified atom stereocenters. The number of likely N-dealkylation sites (N-methyl/N-ethyl adjacent to an activating group) is 1. The van der Waals surface area contributed by atoms with E-state index >= 15 is 0 Å². The highest BCUT2D eigenvalue weighted by molar-refractivity contribution is 6.32. The van der Waals surface area contributed by atoms with Crippen LogP contribution < -0.4 is 16.1 Å². The first-order chi connectivity index (χ1) is 15.0. The molecular weight excluding hydrogens is 393 g/mol. The van der Waals surface area contributed by atoms with Crippen LogP contribution in [0.15, 0.2) is 24.4 Å². The Balaban J connectivity index is 1.76. The number of ether oxygens (including phenoxy) is 1. The number of aromatic nitrogens is 4. The third-order valence-corrected chi connectivity index (χ3v) is 5.28. The quantitative estimate of drug-likeness (QED) is 0.376. The molecule has 2 N–H and O–H groups in total. The van der Waals surface area contributed by atoms with E-state index in [2.05, 4.69) is 25.6 Å². The summed E-state index contributed by atoms with van der Waals surface area (Å²) in [4.78, 5) is 24.4. The topological polar surface area (TPSA) is 97.2 Å². The summed E-state index contributed by atoms with van der Waals surface area (Å²) < 4.78 is 7.27. The lowest BCUT2D eigenvalue weighted by molar-refractivity contribution is -0.116. The van der Waals surface area contributed by atoms with Crippen LogP contribution in [0.4, 0.5) is 11.6 Å². The molecule has 4 rings (SSSR count). The number of anilines is 2. The maximum atomic E-state index is 13.0. The Labute approximate surface area is 182 Å². The summed E-state index contributed by atoms with van der Waals surface area (Å²) in [6.07, 6.45) is 1.91. The number of benzene rings is 1. The van der Waals surface area contributed by atoms with Gasteiger partial charge in [0.15, 0.2) is 5.65 Å². The van der Waals surface area contributed by atoms with E-state index in [4.69, 9.17) is 9.72 Å². The van der Waals surface area contributed by atoms with Gasteiger partial charge in [0.2, 0.25) is 11.9 Å². The third-order valence-electron chi connectivity index (χ3n) is 5.28. The molecule has 0 fully saturated rings. The molecule has 0 saturated heterocycles. The Bertz CT molecular complexity index is 1100. The molecule has 1 aromatic carbocycles. The smallest absolute Gasteiger partial charge is 0.238 e. The Kier molecular flexibility index (Phi) is 6.19. The van der Waals surface area contributed by atoms with Gasteiger partial charge in [0.1, 0.15) is 13.8 Å². The van der Waals surface area contributed by atoms with Crippen LogP contribution in [-0.2, 0) is 16.1 Å². The minimum atomic E-state index is -0.501. The van der Waals surface area contributed by atoms with Crippen molar-refractivity contribution in [3.63, 3.8) is 0 Å². The van der Waals surface area contributed by atoms with E-state index in [-0.39, 0.29) is 5.91 Å². The number of fused-ring (bicyclic) bond motifs is 2. The molecule has 1 aliphatic heterocycles. The van der Waals surface area contributed by atoms with Gasteiger partial charge in [-0.2, -0.15) is 10.1 Å². The highest BCUT2D eigenvalue weighted by Gasteiger charge is 2.35. The normalized spacial score (nSPS) is 15.5. The molecule has 3 heterocycles. The van der Waals surface area contributed by atoms with Crippen molar-refractivity contribution >= 4 is 41.9 Å². The number of nitrogens with zero attached hydrogens (tertiary/aromatic N) is 5. The van der Waals surface area contributed by atoms with Gasteiger partial charge in [-0.15, -0.1) is 0 Å². The number of amides is 1. The molecule has 2 aromatic heterocycles. The predicted molar refractivity (Wildman–Crippen MR) is 124 cm³/mol. The highest BCUT2D eigenvalue weighted by atomic mass is 16.5. The Hall–Kier alpha value is -2.98. The number of hydrogen-bond donors (Lipinski definition) is 2. The molecule has 0 radical (unpaired) electrons. The summed E-state index contributed by atoms with van der Waals surface area (Å²) in [5, 5.41) is 11.7. The lowest BCUT2D eigenvalue weighted by atomic mass is 9.88. The van der Waals surface area contributed by atoms with Crippen molar-refractivity contribution in [1.82, 2.24) is 24.6 Å². The second kappa shape index (κ2) is 9.03. The van der Waals surface area contributed by atoms with Crippen molar-refractivity contribution in [1.29, 1.82) is 0 Å². The molecule has 3 aromatic rings. The monoisotopic (exact) mass is 421 g/mol. The zero-order valence-electron chi connectivity index (χ0n) is 18.5. The lowest BCUT2D eigenvalue weighted by Gasteiger charge is -2.13. The number of nitrogens with one attached hydrogen (secondary N) is 2. The number of rotatable bonds is 9. The van der Waals surface area contributed by atoms with Crippen molar-refractivity contribution in [3.8, 4) is 0 Å². The molecular formula is C21H28BN7O2. The van der Waals surface area contributed by atoms with Gasteiger partial charge in [0.25, 0.3) is 0 Å². The SMILES string of the molecule is Bc1ccc2c(c1)C(c1nc(NCCN(C)C)nc3nn(CCOCC)cc13)C(=O)N2. The van der Waals surface area contributed by atoms with Gasteiger partial charge < -0.3 is 20.3 Å². The summed E-state index contributed by atoms with van der Waals surface area (Å²) in [5.41, 5.74) is 4.11. The maximum Gasteiger partial charge on any atom is 0.238 e. The van der Waals surface area contributed by atoms with Crippen molar-refractivity contribution in [2.45, 2.75) is 19.4 Å². The van der Waals surface area contributed by atoms with Crippen LogP contribution in [0, 0.1) is 0 Å². The third kappa shape index (κ3) is 4.54. The molecule has 10 heteroatoms. The van der Waals surface area contributed by atoms with Crippen LogP contribution >= 0.6 is 0 Å². The van der Waals surface area contributed by atoms with E-state index < -0.39 is 5.92 Å². The maximum absolute atomic E-state index is 13.0. The summed E-state index contributed by atoms with van der Waals surface area (Å²) in [6.45, 7) is 5.32. The first kappa shape index (κ1) is 21.3. The highest BCUT2D eigenvalue weighted by Crippen LogP contribution is 2.38. The summed E-state index contributed by atoms with van der Waals surface area (Å²) >= 11 is 0. The molecule has 0 aliphatic carbocycles. The molecule has 1 atom stereocenters. The van der Waals surface area contributed by atoms with Crippen LogP contribution in [-0.4, -0.2) is 78.8 Å². The number of carbonyl (C=O) groups is 1. The molecule has 31 heavy (non-hydrogen) atoms. The van der Waals surface area contributed by atoms with E-state index in [9.17, 15) is 4.79 Å². The fourth-order valence-electron chi connectivity index (χ4n) is 3.73. The van der Waals surface area contributed by atoms with Gasteiger partial charge in [-0.05, 0) is 32.6 Å². The van der Waals surface area contributed by atoms with E-state index in [0.29, 0.717) is 43.6 Å². The first-order valence-corrected chi connectivity index (χ1v) is 10.6. The fraction of sp³-hybridized carbons (Fsp3) is 0.429. The van der Waals surface area contributed by atoms with Gasteiger partial charge in [-0.1, -0.05) is 17.6 Å². The first-order valence-electron chi connectivity index (χ1n) is 10.6. The standard InChI is InChI=1S/C21H28BN7O2/c1-4-31-10-9-29-12-15-18(17-14-11-13(22)5-6-16(14)24-20(17)30)25-21(26-19(15)27-29)23-7-8-28(2)3/h5-6,11-12,17H,4,7-10,22H2,1-3H3,(H,24,30)(H,23,26,27). The summed E-state index contributed by atoms with van der Waals surface area (Å²) in [5.74, 6) is -0.102. The van der Waals surface area contributed by atoms with Crippen molar-refractivity contribution in [2.24, 2.45) is 0 Å². The second-order valence-electron chi connectivity index (χ2n) is 8.00. The molecule has 1 amide bonds. The van der Waals surface area contributed by atoms with Crippen LogP contribution in [0.1, 0.15) is 24.1 Å². The second-order valence-corrected chi connectivity index (χ2v) is 8.00. The average molecular weight is 421 g/mol. The summed E-state index contributed by atoms with van der Waals surface area (Å²) in [7, 11) is 6.05. The van der Waals surface area contributed by atoms with E-state index in [1.807, 2.05) is 57.9 Å². The van der Waals surface area contributed by atoms with Crippen LogP contribution in [0.5, 0.6) is 0 Å². The van der Waals surface area contributed by atoms with E-state index in [1.165, 1.54) is 0 Å². The Morgan fingerprint density at radius 1 is 1.32 bits per heavy atom. The number of carbonyl (C=O) groups excluding carboxylic acids is 1. The van der Waals surface area contributed by atoms with Crippen LogP contribution in [0.2, 0.25) is 0 Å². The lowest BCUT2D eigenvalue weighted by Crippen LogP contribution is -2.22. The fourth-order valence-corrected chi connectivity index (χ4v) is 3.73. The van der Waals surface area contributed by atoms with Crippen LogP contribution in [0.25, 0.3) is 11.0 Å².